The second-order valence-electron chi connectivity index (χ2n) is 2.61. The first kappa shape index (κ1) is 8.14. The Morgan fingerprint density at radius 3 is 2.00 bits per heavy atom. The highest BCUT2D eigenvalue weighted by Crippen LogP contribution is 2.00. The van der Waals surface area contributed by atoms with Crippen LogP contribution in [0.3, 0.4) is 0 Å². The first-order chi connectivity index (χ1) is 3.56. The lowest BCUT2D eigenvalue weighted by Crippen LogP contribution is -2.52. The molecular formula is C5H16N2Si. The zero-order valence-electron chi connectivity index (χ0n) is 5.78. The number of hydrogen-bond acceptors (Lipinski definition) is 2. The molecule has 0 aromatic carbocycles. The average Bonchev–Trinajstić information content (AvgIpc) is 1.59. The molecule has 0 bridgehead atoms. The predicted molar refractivity (Wildman–Crippen MR) is 39.7 cm³/mol. The maximum Gasteiger partial charge on any atom is 0.192 e. The minimum Gasteiger partial charge on any atom is -0.339 e. The topological polar surface area (TPSA) is 52.0 Å². The molecule has 0 rings (SSSR count). The molecule has 0 amide bonds. The fourth-order valence-electron chi connectivity index (χ4n) is 0.558. The summed E-state index contributed by atoms with van der Waals surface area (Å²) in [6.07, 6.45) is 2.40. The van der Waals surface area contributed by atoms with E-state index in [1.807, 2.05) is 6.55 Å². The maximum atomic E-state index is 5.64. The van der Waals surface area contributed by atoms with E-state index in [0.717, 1.165) is 6.04 Å². The molecule has 0 aromatic rings. The fourth-order valence-corrected chi connectivity index (χ4v) is 1.67. The van der Waals surface area contributed by atoms with E-state index in [-0.39, 0.29) is 0 Å². The molecule has 0 aliphatic rings. The summed E-state index contributed by atoms with van der Waals surface area (Å²) in [5, 5.41) is 11.3. The molecule has 8 heavy (non-hydrogen) atoms. The lowest BCUT2D eigenvalue weighted by atomic mass is 10.4. The molecule has 0 heterocycles. The van der Waals surface area contributed by atoms with Crippen molar-refractivity contribution in [1.82, 2.24) is 0 Å². The van der Waals surface area contributed by atoms with E-state index >= 15 is 0 Å². The summed E-state index contributed by atoms with van der Waals surface area (Å²) >= 11 is 0. The van der Waals surface area contributed by atoms with Gasteiger partial charge in [0.25, 0.3) is 0 Å². The van der Waals surface area contributed by atoms with Crippen LogP contribution >= 0.6 is 0 Å². The second kappa shape index (κ2) is 3.22. The van der Waals surface area contributed by atoms with Gasteiger partial charge < -0.3 is 10.8 Å². The Morgan fingerprint density at radius 2 is 1.88 bits per heavy atom. The standard InChI is InChI=1S/C5H16N2Si/c1-3-4-5-8(2,6)7/h3-7H2,1-2H3. The van der Waals surface area contributed by atoms with Gasteiger partial charge in [-0.15, -0.1) is 0 Å². The molecule has 50 valence electrons. The molecule has 3 heteroatoms. The molecule has 0 aromatic heterocycles. The van der Waals surface area contributed by atoms with Crippen LogP contribution in [-0.2, 0) is 0 Å². The van der Waals surface area contributed by atoms with Gasteiger partial charge in [0.05, 0.1) is 0 Å². The molecule has 0 fully saturated rings. The third kappa shape index (κ3) is 6.14. The molecule has 0 saturated heterocycles. The van der Waals surface area contributed by atoms with E-state index in [1.54, 1.807) is 0 Å². The molecule has 0 aliphatic carbocycles. The van der Waals surface area contributed by atoms with Crippen molar-refractivity contribution in [2.45, 2.75) is 32.4 Å². The fraction of sp³-hybridized carbons (Fsp3) is 1.00. The highest BCUT2D eigenvalue weighted by atomic mass is 28.3. The molecule has 0 spiro atoms. The summed E-state index contributed by atoms with van der Waals surface area (Å²) < 4.78 is 0. The van der Waals surface area contributed by atoms with Crippen LogP contribution in [0.1, 0.15) is 19.8 Å². The van der Waals surface area contributed by atoms with Crippen molar-refractivity contribution in [3.63, 3.8) is 0 Å². The van der Waals surface area contributed by atoms with Gasteiger partial charge in [-0.25, -0.2) is 0 Å². The van der Waals surface area contributed by atoms with Gasteiger partial charge in [-0.3, -0.25) is 0 Å². The van der Waals surface area contributed by atoms with Gasteiger partial charge in [-0.05, 0) is 12.6 Å². The van der Waals surface area contributed by atoms with Gasteiger partial charge in [-0.1, -0.05) is 19.8 Å². The van der Waals surface area contributed by atoms with Crippen LogP contribution in [0.25, 0.3) is 0 Å². The SMILES string of the molecule is CCCC[Si](C)(N)N. The second-order valence-corrected chi connectivity index (χ2v) is 6.12. The van der Waals surface area contributed by atoms with Gasteiger partial charge >= 0.3 is 0 Å². The molecule has 0 aliphatic heterocycles. The average molecular weight is 132 g/mol. The molecule has 0 atom stereocenters. The van der Waals surface area contributed by atoms with Gasteiger partial charge in [0, 0.05) is 0 Å². The molecule has 0 saturated carbocycles. The Morgan fingerprint density at radius 1 is 1.38 bits per heavy atom. The summed E-state index contributed by atoms with van der Waals surface area (Å²) in [7, 11) is -1.68. The summed E-state index contributed by atoms with van der Waals surface area (Å²) in [6.45, 7) is 4.14. The Labute approximate surface area is 52.4 Å². The van der Waals surface area contributed by atoms with Crippen LogP contribution in [0, 0.1) is 0 Å². The van der Waals surface area contributed by atoms with E-state index in [1.165, 1.54) is 12.8 Å². The minimum atomic E-state index is -1.68. The van der Waals surface area contributed by atoms with Crippen molar-refractivity contribution in [1.29, 1.82) is 0 Å². The third-order valence-corrected chi connectivity index (χ3v) is 2.50. The highest BCUT2D eigenvalue weighted by molar-refractivity contribution is 6.72. The Kier molecular flexibility index (Phi) is 3.27. The number of nitrogens with two attached hydrogens (primary N) is 2. The van der Waals surface area contributed by atoms with Gasteiger partial charge in [0.15, 0.2) is 8.40 Å². The van der Waals surface area contributed by atoms with Crippen molar-refractivity contribution >= 4 is 8.40 Å². The van der Waals surface area contributed by atoms with Gasteiger partial charge in [0.2, 0.25) is 0 Å². The Hall–Kier alpha value is 0.137. The van der Waals surface area contributed by atoms with Crippen LogP contribution < -0.4 is 10.8 Å². The largest absolute Gasteiger partial charge is 0.339 e. The summed E-state index contributed by atoms with van der Waals surface area (Å²) in [4.78, 5) is 0. The van der Waals surface area contributed by atoms with Crippen LogP contribution in [0.15, 0.2) is 0 Å². The normalized spacial score (nSPS) is 12.0. The van der Waals surface area contributed by atoms with Crippen molar-refractivity contribution in [2.24, 2.45) is 10.8 Å². The maximum absolute atomic E-state index is 5.64. The third-order valence-electron chi connectivity index (χ3n) is 1.07. The smallest absolute Gasteiger partial charge is 0.192 e. The molecule has 0 unspecified atom stereocenters. The van der Waals surface area contributed by atoms with Crippen LogP contribution in [0.5, 0.6) is 0 Å². The molecule has 4 N–H and O–H groups in total. The van der Waals surface area contributed by atoms with E-state index in [9.17, 15) is 0 Å². The Balaban J connectivity index is 3.11. The van der Waals surface area contributed by atoms with Crippen LogP contribution in [-0.4, -0.2) is 8.40 Å². The van der Waals surface area contributed by atoms with E-state index in [0.29, 0.717) is 0 Å². The molecular weight excluding hydrogens is 116 g/mol. The van der Waals surface area contributed by atoms with Crippen molar-refractivity contribution in [2.75, 3.05) is 0 Å². The van der Waals surface area contributed by atoms with Gasteiger partial charge in [0.1, 0.15) is 0 Å². The van der Waals surface area contributed by atoms with E-state index in [4.69, 9.17) is 10.8 Å². The van der Waals surface area contributed by atoms with Crippen molar-refractivity contribution in [3.05, 3.63) is 0 Å². The van der Waals surface area contributed by atoms with Gasteiger partial charge in [-0.2, -0.15) is 0 Å². The summed E-state index contributed by atoms with van der Waals surface area (Å²) in [5.41, 5.74) is 0. The quantitative estimate of drug-likeness (QED) is 0.557. The van der Waals surface area contributed by atoms with Crippen molar-refractivity contribution < 1.29 is 0 Å². The zero-order chi connectivity index (χ0) is 6.62. The predicted octanol–water partition coefficient (Wildman–Crippen LogP) is 0.776. The van der Waals surface area contributed by atoms with E-state index in [2.05, 4.69) is 6.92 Å². The zero-order valence-corrected chi connectivity index (χ0v) is 6.78. The lowest BCUT2D eigenvalue weighted by molar-refractivity contribution is 0.863. The Bertz CT molecular complexity index is 57.9. The first-order valence-electron chi connectivity index (χ1n) is 3.14. The minimum absolute atomic E-state index is 1.06. The molecule has 2 nitrogen and oxygen atoms in total. The summed E-state index contributed by atoms with van der Waals surface area (Å²) in [6, 6.07) is 1.06. The monoisotopic (exact) mass is 132 g/mol. The highest BCUT2D eigenvalue weighted by Gasteiger charge is 2.13. The van der Waals surface area contributed by atoms with Crippen LogP contribution in [0.2, 0.25) is 12.6 Å². The van der Waals surface area contributed by atoms with Crippen LogP contribution in [0.4, 0.5) is 0 Å². The van der Waals surface area contributed by atoms with E-state index < -0.39 is 8.40 Å². The number of hydrogen-bond donors (Lipinski definition) is 2. The first-order valence-corrected chi connectivity index (χ1v) is 6.00. The summed E-state index contributed by atoms with van der Waals surface area (Å²) in [5.74, 6) is 0. The lowest BCUT2D eigenvalue weighted by Gasteiger charge is -2.12. The number of rotatable bonds is 3. The molecule has 0 radical (unpaired) electrons. The number of unbranched alkanes of at least 4 members (excludes halogenated alkanes) is 1. The van der Waals surface area contributed by atoms with Crippen molar-refractivity contribution in [3.8, 4) is 0 Å².